The van der Waals surface area contributed by atoms with Gasteiger partial charge in [-0.05, 0) is 23.3 Å². The van der Waals surface area contributed by atoms with Crippen molar-refractivity contribution >= 4 is 23.8 Å². The topological polar surface area (TPSA) is 46.6 Å². The molecular weight excluding hydrogens is 278 g/mol. The van der Waals surface area contributed by atoms with Gasteiger partial charge in [-0.3, -0.25) is 14.4 Å². The molecule has 1 atom stereocenters. The minimum Gasteiger partial charge on any atom is -0.294 e. The first-order valence-electron chi connectivity index (χ1n) is 7.02. The molecule has 0 aliphatic carbocycles. The van der Waals surface area contributed by atoms with Gasteiger partial charge in [0, 0.05) is 0 Å². The molecule has 22 heavy (non-hydrogen) atoms. The Morgan fingerprint density at radius 2 is 1.68 bits per heavy atom. The van der Waals surface area contributed by atoms with Crippen LogP contribution in [0, 0.1) is 0 Å². The average Bonchev–Trinajstić information content (AvgIpc) is 3.00. The standard InChI is InChI=1S/C18H15NO3/c20-13-17(21)18-15(11-14-7-3-1-4-8-14)12-19(22-18)16-9-5-2-6-10-16/h1-11,13,18H,12H2. The SMILES string of the molecule is O=CC(=O)C1ON(c2ccccc2)CC1=Cc1ccccc1. The van der Waals surface area contributed by atoms with Crippen LogP contribution < -0.4 is 5.06 Å². The number of anilines is 1. The monoisotopic (exact) mass is 293 g/mol. The summed E-state index contributed by atoms with van der Waals surface area (Å²) in [5.41, 5.74) is 2.59. The van der Waals surface area contributed by atoms with Crippen LogP contribution in [0.2, 0.25) is 0 Å². The fraction of sp³-hybridized carbons (Fsp3) is 0.111. The fourth-order valence-electron chi connectivity index (χ4n) is 2.41. The van der Waals surface area contributed by atoms with Gasteiger partial charge in [0.25, 0.3) is 0 Å². The molecule has 1 saturated heterocycles. The van der Waals surface area contributed by atoms with Gasteiger partial charge < -0.3 is 0 Å². The molecule has 3 rings (SSSR count). The highest BCUT2D eigenvalue weighted by molar-refractivity contribution is 6.28. The van der Waals surface area contributed by atoms with Crippen molar-refractivity contribution in [2.24, 2.45) is 0 Å². The number of nitrogens with zero attached hydrogens (tertiary/aromatic N) is 1. The molecule has 2 aromatic rings. The zero-order chi connectivity index (χ0) is 15.4. The Labute approximate surface area is 128 Å². The number of para-hydroxylation sites is 1. The van der Waals surface area contributed by atoms with Gasteiger partial charge in [-0.2, -0.15) is 0 Å². The molecule has 1 fully saturated rings. The maximum Gasteiger partial charge on any atom is 0.230 e. The average molecular weight is 293 g/mol. The third-order valence-electron chi connectivity index (χ3n) is 3.47. The predicted molar refractivity (Wildman–Crippen MR) is 84.2 cm³/mol. The summed E-state index contributed by atoms with van der Waals surface area (Å²) in [7, 11) is 0. The van der Waals surface area contributed by atoms with Crippen LogP contribution in [0.15, 0.2) is 66.2 Å². The quantitative estimate of drug-likeness (QED) is 0.642. The first-order valence-corrected chi connectivity index (χ1v) is 7.02. The van der Waals surface area contributed by atoms with E-state index in [0.29, 0.717) is 12.8 Å². The van der Waals surface area contributed by atoms with Gasteiger partial charge in [-0.1, -0.05) is 54.6 Å². The summed E-state index contributed by atoms with van der Waals surface area (Å²) in [5, 5.41) is 1.64. The van der Waals surface area contributed by atoms with Gasteiger partial charge in [0.05, 0.1) is 12.2 Å². The Morgan fingerprint density at radius 3 is 2.32 bits per heavy atom. The number of Topliss-reactive ketones (excluding diaryl/α,β-unsaturated/α-hetero) is 1. The summed E-state index contributed by atoms with van der Waals surface area (Å²) in [6.45, 7) is 0.448. The van der Waals surface area contributed by atoms with Gasteiger partial charge in [-0.15, -0.1) is 0 Å². The first-order chi connectivity index (χ1) is 10.8. The lowest BCUT2D eigenvalue weighted by atomic mass is 10.0. The number of hydroxylamine groups is 1. The Morgan fingerprint density at radius 1 is 1.05 bits per heavy atom. The van der Waals surface area contributed by atoms with E-state index in [-0.39, 0.29) is 0 Å². The van der Waals surface area contributed by atoms with Crippen molar-refractivity contribution in [2.45, 2.75) is 6.10 Å². The zero-order valence-corrected chi connectivity index (χ0v) is 11.9. The molecule has 4 heteroatoms. The third kappa shape index (κ3) is 2.97. The van der Waals surface area contributed by atoms with Crippen LogP contribution in [0.3, 0.4) is 0 Å². The summed E-state index contributed by atoms with van der Waals surface area (Å²) in [6.07, 6.45) is 1.37. The number of hydrogen-bond acceptors (Lipinski definition) is 4. The molecule has 4 nitrogen and oxygen atoms in total. The lowest BCUT2D eigenvalue weighted by molar-refractivity contribution is -0.135. The van der Waals surface area contributed by atoms with E-state index in [1.807, 2.05) is 66.7 Å². The largest absolute Gasteiger partial charge is 0.294 e. The van der Waals surface area contributed by atoms with E-state index in [4.69, 9.17) is 4.84 Å². The number of ketones is 1. The third-order valence-corrected chi connectivity index (χ3v) is 3.47. The van der Waals surface area contributed by atoms with Crippen molar-refractivity contribution in [1.29, 1.82) is 0 Å². The van der Waals surface area contributed by atoms with Crippen LogP contribution >= 0.6 is 0 Å². The van der Waals surface area contributed by atoms with Crippen LogP contribution in [-0.2, 0) is 14.4 Å². The van der Waals surface area contributed by atoms with E-state index in [2.05, 4.69) is 0 Å². The van der Waals surface area contributed by atoms with Crippen molar-refractivity contribution in [3.8, 4) is 0 Å². The number of carbonyl (C=O) groups is 2. The summed E-state index contributed by atoms with van der Waals surface area (Å²) in [4.78, 5) is 28.4. The van der Waals surface area contributed by atoms with E-state index >= 15 is 0 Å². The maximum atomic E-state index is 11.8. The second-order valence-electron chi connectivity index (χ2n) is 5.01. The fourth-order valence-corrected chi connectivity index (χ4v) is 2.41. The number of benzene rings is 2. The Kier molecular flexibility index (Phi) is 4.12. The second-order valence-corrected chi connectivity index (χ2v) is 5.01. The highest BCUT2D eigenvalue weighted by Gasteiger charge is 2.34. The van der Waals surface area contributed by atoms with E-state index in [9.17, 15) is 9.59 Å². The first kappa shape index (κ1) is 14.2. The molecule has 1 aliphatic heterocycles. The molecule has 0 radical (unpaired) electrons. The molecule has 1 unspecified atom stereocenters. The molecule has 0 N–H and O–H groups in total. The van der Waals surface area contributed by atoms with Gasteiger partial charge >= 0.3 is 0 Å². The molecule has 1 heterocycles. The van der Waals surface area contributed by atoms with Crippen molar-refractivity contribution in [1.82, 2.24) is 0 Å². The number of aldehydes is 1. The van der Waals surface area contributed by atoms with Crippen LogP contribution in [0.1, 0.15) is 5.56 Å². The molecule has 0 bridgehead atoms. The van der Waals surface area contributed by atoms with E-state index in [1.54, 1.807) is 5.06 Å². The van der Waals surface area contributed by atoms with Crippen molar-refractivity contribution < 1.29 is 14.4 Å². The zero-order valence-electron chi connectivity index (χ0n) is 11.9. The number of hydrogen-bond donors (Lipinski definition) is 0. The molecule has 0 saturated carbocycles. The van der Waals surface area contributed by atoms with Gasteiger partial charge in [-0.25, -0.2) is 5.06 Å². The van der Waals surface area contributed by atoms with Crippen LogP contribution in [0.4, 0.5) is 5.69 Å². The van der Waals surface area contributed by atoms with E-state index in [0.717, 1.165) is 16.8 Å². The summed E-state index contributed by atoms with van der Waals surface area (Å²) < 4.78 is 0. The summed E-state index contributed by atoms with van der Waals surface area (Å²) in [6, 6.07) is 19.2. The molecule has 1 aliphatic rings. The molecule has 0 amide bonds. The van der Waals surface area contributed by atoms with Crippen LogP contribution in [0.5, 0.6) is 0 Å². The predicted octanol–water partition coefficient (Wildman–Crippen LogP) is 2.66. The van der Waals surface area contributed by atoms with Gasteiger partial charge in [0.1, 0.15) is 0 Å². The lowest BCUT2D eigenvalue weighted by Gasteiger charge is -2.16. The van der Waals surface area contributed by atoms with E-state index in [1.165, 1.54) is 0 Å². The molecule has 110 valence electrons. The van der Waals surface area contributed by atoms with Gasteiger partial charge in [0.2, 0.25) is 5.78 Å². The minimum atomic E-state index is -0.849. The molecule has 0 spiro atoms. The Hall–Kier alpha value is -2.72. The van der Waals surface area contributed by atoms with Crippen molar-refractivity contribution in [2.75, 3.05) is 11.6 Å². The lowest BCUT2D eigenvalue weighted by Crippen LogP contribution is -2.25. The van der Waals surface area contributed by atoms with Crippen molar-refractivity contribution in [3.05, 3.63) is 71.8 Å². The number of rotatable bonds is 4. The summed E-state index contributed by atoms with van der Waals surface area (Å²) in [5.74, 6) is -0.569. The number of carbonyl (C=O) groups excluding carboxylic acids is 2. The van der Waals surface area contributed by atoms with Crippen LogP contribution in [0.25, 0.3) is 6.08 Å². The normalized spacial score (nSPS) is 19.4. The Balaban J connectivity index is 1.91. The van der Waals surface area contributed by atoms with Crippen LogP contribution in [-0.4, -0.2) is 24.7 Å². The van der Waals surface area contributed by atoms with E-state index < -0.39 is 11.9 Å². The second kappa shape index (κ2) is 6.37. The van der Waals surface area contributed by atoms with Crippen molar-refractivity contribution in [3.63, 3.8) is 0 Å². The summed E-state index contributed by atoms with van der Waals surface area (Å²) >= 11 is 0. The minimum absolute atomic E-state index is 0.317. The smallest absolute Gasteiger partial charge is 0.230 e. The van der Waals surface area contributed by atoms with Gasteiger partial charge in [0.15, 0.2) is 12.4 Å². The highest BCUT2D eigenvalue weighted by Crippen LogP contribution is 2.27. The molecule has 2 aromatic carbocycles. The molecule has 0 aromatic heterocycles. The Bertz CT molecular complexity index is 695. The maximum absolute atomic E-state index is 11.8. The highest BCUT2D eigenvalue weighted by atomic mass is 16.7. The molecular formula is C18H15NO3.